The number of carbonyl (C=O) groups excluding carboxylic acids is 1. The van der Waals surface area contributed by atoms with E-state index in [1.54, 1.807) is 36.4 Å². The number of hydrogen-bond donors (Lipinski definition) is 1. The van der Waals surface area contributed by atoms with Gasteiger partial charge in [0.1, 0.15) is 18.7 Å². The van der Waals surface area contributed by atoms with Crippen LogP contribution in [0.4, 0.5) is 5.69 Å². The molecule has 0 unspecified atom stereocenters. The molecule has 5 rings (SSSR count). The predicted molar refractivity (Wildman–Crippen MR) is 115 cm³/mol. The summed E-state index contributed by atoms with van der Waals surface area (Å²) in [6.45, 7) is 2.89. The second-order valence-corrected chi connectivity index (χ2v) is 7.36. The third kappa shape index (κ3) is 3.35. The number of hydrogen-bond acceptors (Lipinski definition) is 5. The maximum atomic E-state index is 12.8. The highest BCUT2D eigenvalue weighted by Crippen LogP contribution is 2.33. The summed E-state index contributed by atoms with van der Waals surface area (Å²) < 4.78 is 17.0. The molecule has 0 bridgehead atoms. The summed E-state index contributed by atoms with van der Waals surface area (Å²) in [5.41, 5.74) is 4.14. The van der Waals surface area contributed by atoms with E-state index in [9.17, 15) is 4.79 Å². The number of benzene rings is 3. The molecule has 0 saturated heterocycles. The Morgan fingerprint density at radius 3 is 2.73 bits per heavy atom. The van der Waals surface area contributed by atoms with Gasteiger partial charge in [0.15, 0.2) is 17.1 Å². The first-order valence-electron chi connectivity index (χ1n) is 9.45. The monoisotopic (exact) mass is 420 g/mol. The van der Waals surface area contributed by atoms with Gasteiger partial charge in [-0.15, -0.1) is 0 Å². The average molecular weight is 421 g/mol. The fourth-order valence-electron chi connectivity index (χ4n) is 3.40. The molecule has 1 aromatic heterocycles. The van der Waals surface area contributed by atoms with Crippen LogP contribution in [0.2, 0.25) is 5.02 Å². The lowest BCUT2D eigenvalue weighted by molar-refractivity contribution is 0.102. The van der Waals surface area contributed by atoms with Crippen LogP contribution >= 0.6 is 11.6 Å². The molecule has 4 aromatic rings. The number of amides is 1. The van der Waals surface area contributed by atoms with Crippen LogP contribution in [-0.2, 0) is 0 Å². The number of oxazole rings is 1. The molecule has 1 amide bonds. The topological polar surface area (TPSA) is 73.6 Å². The molecule has 0 spiro atoms. The van der Waals surface area contributed by atoms with Gasteiger partial charge < -0.3 is 19.2 Å². The summed E-state index contributed by atoms with van der Waals surface area (Å²) in [5.74, 6) is 1.45. The summed E-state index contributed by atoms with van der Waals surface area (Å²) in [5, 5.41) is 3.56. The predicted octanol–water partition coefficient (Wildman–Crippen LogP) is 5.48. The van der Waals surface area contributed by atoms with Crippen molar-refractivity contribution in [1.82, 2.24) is 4.98 Å². The Morgan fingerprint density at radius 2 is 1.87 bits per heavy atom. The van der Waals surface area contributed by atoms with Gasteiger partial charge in [-0.25, -0.2) is 4.98 Å². The second kappa shape index (κ2) is 7.39. The van der Waals surface area contributed by atoms with Crippen molar-refractivity contribution in [2.75, 3.05) is 18.5 Å². The van der Waals surface area contributed by atoms with E-state index in [4.69, 9.17) is 25.5 Å². The summed E-state index contributed by atoms with van der Waals surface area (Å²) in [6.07, 6.45) is 0. The molecule has 0 radical (unpaired) electrons. The first-order valence-corrected chi connectivity index (χ1v) is 9.83. The minimum Gasteiger partial charge on any atom is -0.486 e. The van der Waals surface area contributed by atoms with Gasteiger partial charge >= 0.3 is 0 Å². The maximum Gasteiger partial charge on any atom is 0.255 e. The summed E-state index contributed by atoms with van der Waals surface area (Å²) >= 11 is 6.04. The third-order valence-corrected chi connectivity index (χ3v) is 5.20. The van der Waals surface area contributed by atoms with Gasteiger partial charge in [0.05, 0.1) is 0 Å². The summed E-state index contributed by atoms with van der Waals surface area (Å²) in [4.78, 5) is 17.4. The zero-order valence-corrected chi connectivity index (χ0v) is 16.8. The first-order chi connectivity index (χ1) is 14.6. The van der Waals surface area contributed by atoms with E-state index in [-0.39, 0.29) is 5.91 Å². The molecule has 0 atom stereocenters. The fourth-order valence-corrected chi connectivity index (χ4v) is 3.56. The fraction of sp³-hybridized carbons (Fsp3) is 0.130. The number of anilines is 1. The zero-order chi connectivity index (χ0) is 20.7. The van der Waals surface area contributed by atoms with Gasteiger partial charge in [-0.05, 0) is 61.0 Å². The van der Waals surface area contributed by atoms with Crippen molar-refractivity contribution in [3.05, 3.63) is 70.7 Å². The van der Waals surface area contributed by atoms with Crippen LogP contribution in [0.5, 0.6) is 11.5 Å². The van der Waals surface area contributed by atoms with Gasteiger partial charge in [0.2, 0.25) is 5.89 Å². The average Bonchev–Trinajstić information content (AvgIpc) is 3.17. The standard InChI is InChI=1S/C23H17ClN2O4/c1-13-16(23-26-18-12-15(24)6-8-19(18)30-23)3-2-4-17(13)25-22(27)14-5-7-20-21(11-14)29-10-9-28-20/h2-8,11-12H,9-10H2,1H3,(H,25,27). The molecule has 6 nitrogen and oxygen atoms in total. The Bertz CT molecular complexity index is 1280. The van der Waals surface area contributed by atoms with E-state index in [2.05, 4.69) is 10.3 Å². The van der Waals surface area contributed by atoms with E-state index in [0.717, 1.165) is 11.1 Å². The van der Waals surface area contributed by atoms with Crippen molar-refractivity contribution in [3.63, 3.8) is 0 Å². The van der Waals surface area contributed by atoms with Crippen molar-refractivity contribution in [1.29, 1.82) is 0 Å². The van der Waals surface area contributed by atoms with Gasteiger partial charge in [0.25, 0.3) is 5.91 Å². The van der Waals surface area contributed by atoms with Crippen LogP contribution in [0.3, 0.4) is 0 Å². The zero-order valence-electron chi connectivity index (χ0n) is 16.1. The van der Waals surface area contributed by atoms with Gasteiger partial charge in [-0.3, -0.25) is 4.79 Å². The Kier molecular flexibility index (Phi) is 4.56. The molecule has 150 valence electrons. The number of nitrogens with zero attached hydrogens (tertiary/aromatic N) is 1. The van der Waals surface area contributed by atoms with Crippen molar-refractivity contribution in [2.24, 2.45) is 0 Å². The highest BCUT2D eigenvalue weighted by atomic mass is 35.5. The number of fused-ring (bicyclic) bond motifs is 2. The third-order valence-electron chi connectivity index (χ3n) is 4.97. The SMILES string of the molecule is Cc1c(NC(=O)c2ccc3c(c2)OCCO3)cccc1-c1nc2cc(Cl)ccc2o1. The molecular formula is C23H17ClN2O4. The lowest BCUT2D eigenvalue weighted by Crippen LogP contribution is -2.17. The molecule has 2 heterocycles. The highest BCUT2D eigenvalue weighted by Gasteiger charge is 2.17. The Balaban J connectivity index is 1.45. The second-order valence-electron chi connectivity index (χ2n) is 6.92. The van der Waals surface area contributed by atoms with E-state index < -0.39 is 0 Å². The van der Waals surface area contributed by atoms with Crippen molar-refractivity contribution >= 4 is 34.3 Å². The van der Waals surface area contributed by atoms with E-state index in [0.29, 0.717) is 58.0 Å². The quantitative estimate of drug-likeness (QED) is 0.475. The highest BCUT2D eigenvalue weighted by molar-refractivity contribution is 6.31. The molecule has 0 aliphatic carbocycles. The van der Waals surface area contributed by atoms with Crippen molar-refractivity contribution < 1.29 is 18.7 Å². The largest absolute Gasteiger partial charge is 0.486 e. The molecule has 1 N–H and O–H groups in total. The van der Waals surface area contributed by atoms with E-state index >= 15 is 0 Å². The van der Waals surface area contributed by atoms with Crippen molar-refractivity contribution in [3.8, 4) is 23.0 Å². The van der Waals surface area contributed by atoms with Gasteiger partial charge in [-0.1, -0.05) is 17.7 Å². The van der Waals surface area contributed by atoms with Gasteiger partial charge in [-0.2, -0.15) is 0 Å². The normalized spacial score (nSPS) is 12.7. The van der Waals surface area contributed by atoms with Crippen molar-refractivity contribution in [2.45, 2.75) is 6.92 Å². The number of ether oxygens (including phenoxy) is 2. The van der Waals surface area contributed by atoms with Crippen LogP contribution < -0.4 is 14.8 Å². The molecule has 1 aliphatic heterocycles. The molecular weight excluding hydrogens is 404 g/mol. The van der Waals surface area contributed by atoms with Crippen LogP contribution in [0, 0.1) is 6.92 Å². The molecule has 0 saturated carbocycles. The van der Waals surface area contributed by atoms with Gasteiger partial charge in [0, 0.05) is 21.8 Å². The van der Waals surface area contributed by atoms with E-state index in [1.165, 1.54) is 0 Å². The minimum atomic E-state index is -0.239. The Morgan fingerprint density at radius 1 is 1.03 bits per heavy atom. The van der Waals surface area contributed by atoms with Crippen LogP contribution in [0.25, 0.3) is 22.6 Å². The molecule has 3 aromatic carbocycles. The molecule has 0 fully saturated rings. The smallest absolute Gasteiger partial charge is 0.255 e. The molecule has 7 heteroatoms. The Labute approximate surface area is 177 Å². The maximum absolute atomic E-state index is 12.8. The number of carbonyl (C=O) groups is 1. The summed E-state index contributed by atoms with van der Waals surface area (Å²) in [7, 11) is 0. The van der Waals surface area contributed by atoms with Crippen LogP contribution in [-0.4, -0.2) is 24.1 Å². The number of halogens is 1. The van der Waals surface area contributed by atoms with E-state index in [1.807, 2.05) is 25.1 Å². The first kappa shape index (κ1) is 18.5. The Hall–Kier alpha value is -3.51. The molecule has 30 heavy (non-hydrogen) atoms. The molecule has 1 aliphatic rings. The summed E-state index contributed by atoms with van der Waals surface area (Å²) in [6, 6.07) is 16.1. The van der Waals surface area contributed by atoms with Crippen LogP contribution in [0.15, 0.2) is 59.0 Å². The number of aromatic nitrogens is 1. The minimum absolute atomic E-state index is 0.239. The van der Waals surface area contributed by atoms with Crippen LogP contribution in [0.1, 0.15) is 15.9 Å². The number of rotatable bonds is 3. The lowest BCUT2D eigenvalue weighted by atomic mass is 10.1. The lowest BCUT2D eigenvalue weighted by Gasteiger charge is -2.19. The number of nitrogens with one attached hydrogen (secondary N) is 1.